The number of ketones is 1. The van der Waals surface area contributed by atoms with Gasteiger partial charge in [0.25, 0.3) is 0 Å². The highest BCUT2D eigenvalue weighted by Crippen LogP contribution is 2.10. The van der Waals surface area contributed by atoms with Crippen molar-refractivity contribution < 1.29 is 19.1 Å². The van der Waals surface area contributed by atoms with Gasteiger partial charge >= 0.3 is 5.97 Å². The summed E-state index contributed by atoms with van der Waals surface area (Å²) in [5.41, 5.74) is 0. The minimum absolute atomic E-state index is 0.0530. The van der Waals surface area contributed by atoms with Crippen molar-refractivity contribution in [2.45, 2.75) is 90.0 Å². The van der Waals surface area contributed by atoms with E-state index in [0.29, 0.717) is 19.4 Å². The molecule has 0 aromatic rings. The third-order valence-electron chi connectivity index (χ3n) is 4.35. The summed E-state index contributed by atoms with van der Waals surface area (Å²) >= 11 is 0. The number of rotatable bonds is 14. The summed E-state index contributed by atoms with van der Waals surface area (Å²) in [6.45, 7) is 2.54. The number of Topliss-reactive ketones (excluding diaryl/α,β-unsaturated/α-hetero) is 1. The Hall–Kier alpha value is -1.65. The Kier molecular flexibility index (Phi) is 11.7. The first-order valence-electron chi connectivity index (χ1n) is 9.76. The molecule has 1 saturated heterocycles. The van der Waals surface area contributed by atoms with E-state index in [0.717, 1.165) is 25.7 Å². The second kappa shape index (κ2) is 13.6. The first-order chi connectivity index (χ1) is 12.1. The minimum atomic E-state index is -0.573. The second-order valence-corrected chi connectivity index (χ2v) is 6.71. The van der Waals surface area contributed by atoms with Crippen LogP contribution in [0.25, 0.3) is 0 Å². The molecule has 1 amide bonds. The third-order valence-corrected chi connectivity index (χ3v) is 4.35. The number of carbonyl (C=O) groups is 3. The fraction of sp³-hybridized carbons (Fsp3) is 0.750. The van der Waals surface area contributed by atoms with E-state index >= 15 is 0 Å². The van der Waals surface area contributed by atoms with Gasteiger partial charge in [0.15, 0.2) is 0 Å². The average Bonchev–Trinajstić information content (AvgIpc) is 2.97. The van der Waals surface area contributed by atoms with Crippen LogP contribution in [0, 0.1) is 0 Å². The number of cyclic esters (lactones) is 1. The molecule has 5 nitrogen and oxygen atoms in total. The quantitative estimate of drug-likeness (QED) is 0.223. The molecule has 1 N–H and O–H groups in total. The highest BCUT2D eigenvalue weighted by Gasteiger charge is 2.28. The van der Waals surface area contributed by atoms with Crippen molar-refractivity contribution in [2.24, 2.45) is 0 Å². The molecule has 0 radical (unpaired) electrons. The van der Waals surface area contributed by atoms with Crippen LogP contribution >= 0.6 is 0 Å². The number of carbonyl (C=O) groups excluding carboxylic acids is 3. The van der Waals surface area contributed by atoms with Crippen LogP contribution in [-0.4, -0.2) is 30.3 Å². The molecule has 1 heterocycles. The topological polar surface area (TPSA) is 72.5 Å². The number of esters is 1. The zero-order valence-corrected chi connectivity index (χ0v) is 15.6. The molecule has 1 fully saturated rings. The second-order valence-electron chi connectivity index (χ2n) is 6.71. The van der Waals surface area contributed by atoms with E-state index in [4.69, 9.17) is 4.74 Å². The van der Waals surface area contributed by atoms with Gasteiger partial charge in [0.05, 0.1) is 13.0 Å². The van der Waals surface area contributed by atoms with Crippen LogP contribution in [0.2, 0.25) is 0 Å². The molecule has 1 atom stereocenters. The van der Waals surface area contributed by atoms with Gasteiger partial charge in [-0.1, -0.05) is 51.2 Å². The molecule has 1 aliphatic rings. The van der Waals surface area contributed by atoms with Crippen LogP contribution in [0.3, 0.4) is 0 Å². The zero-order chi connectivity index (χ0) is 18.3. The van der Waals surface area contributed by atoms with Crippen molar-refractivity contribution in [1.82, 2.24) is 5.32 Å². The molecule has 25 heavy (non-hydrogen) atoms. The minimum Gasteiger partial charge on any atom is -0.464 e. The maximum absolute atomic E-state index is 11.8. The molecule has 0 aromatic heterocycles. The van der Waals surface area contributed by atoms with Crippen LogP contribution in [0.4, 0.5) is 0 Å². The van der Waals surface area contributed by atoms with E-state index in [2.05, 4.69) is 24.4 Å². The number of hydrogen-bond donors (Lipinski definition) is 1. The van der Waals surface area contributed by atoms with E-state index in [1.54, 1.807) is 0 Å². The molecule has 0 bridgehead atoms. The van der Waals surface area contributed by atoms with Crippen molar-refractivity contribution in [3.63, 3.8) is 0 Å². The summed E-state index contributed by atoms with van der Waals surface area (Å²) in [6.07, 6.45) is 15.6. The van der Waals surface area contributed by atoms with Gasteiger partial charge in [-0.3, -0.25) is 9.59 Å². The Balaban J connectivity index is 1.93. The van der Waals surface area contributed by atoms with Gasteiger partial charge in [-0.05, 0) is 25.7 Å². The van der Waals surface area contributed by atoms with Crippen LogP contribution in [0.5, 0.6) is 0 Å². The summed E-state index contributed by atoms with van der Waals surface area (Å²) in [5.74, 6) is -0.826. The first-order valence-corrected chi connectivity index (χ1v) is 9.76. The lowest BCUT2D eigenvalue weighted by molar-refractivity contribution is -0.142. The number of ether oxygens (including phenoxy) is 1. The van der Waals surface area contributed by atoms with Gasteiger partial charge in [-0.25, -0.2) is 4.79 Å². The number of nitrogens with one attached hydrogen (secondary N) is 1. The van der Waals surface area contributed by atoms with Crippen molar-refractivity contribution in [2.75, 3.05) is 6.61 Å². The summed E-state index contributed by atoms with van der Waals surface area (Å²) < 4.78 is 4.77. The van der Waals surface area contributed by atoms with E-state index in [1.165, 1.54) is 32.1 Å². The normalized spacial score (nSPS) is 17.0. The molecule has 0 saturated carbocycles. The molecule has 142 valence electrons. The van der Waals surface area contributed by atoms with Crippen LogP contribution in [-0.2, 0) is 19.1 Å². The van der Waals surface area contributed by atoms with Gasteiger partial charge in [-0.2, -0.15) is 0 Å². The fourth-order valence-electron chi connectivity index (χ4n) is 2.81. The maximum Gasteiger partial charge on any atom is 0.328 e. The number of hydrogen-bond acceptors (Lipinski definition) is 4. The van der Waals surface area contributed by atoms with Gasteiger partial charge in [0.2, 0.25) is 5.91 Å². The van der Waals surface area contributed by atoms with Crippen LogP contribution in [0.1, 0.15) is 84.0 Å². The number of allylic oxidation sites excluding steroid dienone is 2. The highest BCUT2D eigenvalue weighted by atomic mass is 16.5. The molecule has 0 aromatic carbocycles. The summed E-state index contributed by atoms with van der Waals surface area (Å²) in [7, 11) is 0. The van der Waals surface area contributed by atoms with Crippen LogP contribution < -0.4 is 5.32 Å². The van der Waals surface area contributed by atoms with Gasteiger partial charge < -0.3 is 10.1 Å². The third kappa shape index (κ3) is 10.7. The SMILES string of the molecule is CCCC/C=C\CCCCCCCC(=O)CC(=O)N[C@H]1CCOC1=O. The Labute approximate surface area is 151 Å². The standard InChI is InChI=1S/C20H33NO4/c1-2-3-4-5-6-7-8-9-10-11-12-13-17(22)16-19(23)21-18-14-15-25-20(18)24/h5-6,18H,2-4,7-16H2,1H3,(H,21,23)/b6-5-/t18-/m0/s1. The molecule has 5 heteroatoms. The number of unbranched alkanes of at least 4 members (excludes halogenated alkanes) is 7. The molecule has 0 unspecified atom stereocenters. The fourth-order valence-corrected chi connectivity index (χ4v) is 2.81. The monoisotopic (exact) mass is 351 g/mol. The highest BCUT2D eigenvalue weighted by molar-refractivity contribution is 5.99. The van der Waals surface area contributed by atoms with Crippen LogP contribution in [0.15, 0.2) is 12.2 Å². The summed E-state index contributed by atoms with van der Waals surface area (Å²) in [6, 6.07) is -0.573. The Morgan fingerprint density at radius 3 is 2.44 bits per heavy atom. The molecular formula is C20H33NO4. The average molecular weight is 351 g/mol. The van der Waals surface area contributed by atoms with Crippen molar-refractivity contribution in [3.05, 3.63) is 12.2 Å². The van der Waals surface area contributed by atoms with Crippen molar-refractivity contribution in [3.8, 4) is 0 Å². The Morgan fingerprint density at radius 2 is 1.76 bits per heavy atom. The predicted molar refractivity (Wildman–Crippen MR) is 98.1 cm³/mol. The Morgan fingerprint density at radius 1 is 1.08 bits per heavy atom. The molecule has 0 spiro atoms. The van der Waals surface area contributed by atoms with E-state index in [-0.39, 0.29) is 18.1 Å². The molecule has 0 aliphatic carbocycles. The van der Waals surface area contributed by atoms with E-state index in [9.17, 15) is 14.4 Å². The Bertz CT molecular complexity index is 445. The van der Waals surface area contributed by atoms with Gasteiger partial charge in [0, 0.05) is 12.8 Å². The predicted octanol–water partition coefficient (Wildman–Crippen LogP) is 3.85. The van der Waals surface area contributed by atoms with Crippen molar-refractivity contribution >= 4 is 17.7 Å². The molecular weight excluding hydrogens is 318 g/mol. The lowest BCUT2D eigenvalue weighted by Crippen LogP contribution is -2.38. The maximum atomic E-state index is 11.8. The lowest BCUT2D eigenvalue weighted by Gasteiger charge is -2.08. The van der Waals surface area contributed by atoms with Gasteiger partial charge in [0.1, 0.15) is 11.8 Å². The molecule has 1 rings (SSSR count). The van der Waals surface area contributed by atoms with E-state index in [1.807, 2.05) is 0 Å². The largest absolute Gasteiger partial charge is 0.464 e. The van der Waals surface area contributed by atoms with Gasteiger partial charge in [-0.15, -0.1) is 0 Å². The smallest absolute Gasteiger partial charge is 0.328 e. The zero-order valence-electron chi connectivity index (χ0n) is 15.6. The lowest BCUT2D eigenvalue weighted by atomic mass is 10.1. The number of amides is 1. The first kappa shape index (κ1) is 21.4. The molecule has 1 aliphatic heterocycles. The van der Waals surface area contributed by atoms with E-state index < -0.39 is 12.0 Å². The van der Waals surface area contributed by atoms with Crippen molar-refractivity contribution in [1.29, 1.82) is 0 Å². The summed E-state index contributed by atoms with van der Waals surface area (Å²) in [5, 5.41) is 2.56. The summed E-state index contributed by atoms with van der Waals surface area (Å²) in [4.78, 5) is 34.7.